The Morgan fingerprint density at radius 1 is 1.33 bits per heavy atom. The van der Waals surface area contributed by atoms with Crippen molar-refractivity contribution in [1.82, 2.24) is 4.98 Å². The molecule has 1 aliphatic rings. The molecule has 0 radical (unpaired) electrons. The molecular formula is C18H17N3O3. The lowest BCUT2D eigenvalue weighted by molar-refractivity contribution is -0.140. The van der Waals surface area contributed by atoms with E-state index in [1.807, 2.05) is 48.6 Å². The zero-order valence-electron chi connectivity index (χ0n) is 13.2. The molecule has 0 saturated heterocycles. The minimum atomic E-state index is -0.260. The number of nitrogens with one attached hydrogen (secondary N) is 1. The van der Waals surface area contributed by atoms with Crippen LogP contribution in [0.25, 0.3) is 11.3 Å². The van der Waals surface area contributed by atoms with Gasteiger partial charge in [-0.25, -0.2) is 4.98 Å². The van der Waals surface area contributed by atoms with E-state index >= 15 is 0 Å². The third-order valence-corrected chi connectivity index (χ3v) is 3.63. The second-order valence-electron chi connectivity index (χ2n) is 5.22. The monoisotopic (exact) mass is 323 g/mol. The van der Waals surface area contributed by atoms with Crippen LogP contribution < -0.4 is 5.43 Å². The van der Waals surface area contributed by atoms with Crippen LogP contribution >= 0.6 is 0 Å². The van der Waals surface area contributed by atoms with E-state index in [1.165, 1.54) is 13.5 Å². The van der Waals surface area contributed by atoms with Crippen molar-refractivity contribution in [2.24, 2.45) is 11.0 Å². The summed E-state index contributed by atoms with van der Waals surface area (Å²) in [5.74, 6) is 0.360. The molecule has 0 fully saturated rings. The lowest BCUT2D eigenvalue weighted by Gasteiger charge is -2.14. The van der Waals surface area contributed by atoms with E-state index in [0.717, 1.165) is 17.0 Å². The minimum Gasteiger partial charge on any atom is -0.469 e. The Morgan fingerprint density at radius 2 is 2.17 bits per heavy atom. The minimum absolute atomic E-state index is 0.0941. The maximum atomic E-state index is 11.5. The first-order valence-corrected chi connectivity index (χ1v) is 7.50. The Labute approximate surface area is 139 Å². The van der Waals surface area contributed by atoms with Gasteiger partial charge in [-0.05, 0) is 30.3 Å². The van der Waals surface area contributed by atoms with Gasteiger partial charge in [-0.3, -0.25) is 10.2 Å². The molecule has 24 heavy (non-hydrogen) atoms. The number of oxazole rings is 1. The lowest BCUT2D eigenvalue weighted by Crippen LogP contribution is -2.18. The van der Waals surface area contributed by atoms with Gasteiger partial charge in [0.05, 0.1) is 31.1 Å². The molecule has 3 rings (SSSR count). The van der Waals surface area contributed by atoms with Gasteiger partial charge in [-0.15, -0.1) is 0 Å². The average Bonchev–Trinajstić information content (AvgIpc) is 3.16. The Hall–Kier alpha value is -3.15. The number of hydrazone groups is 1. The molecule has 6 heteroatoms. The Kier molecular flexibility index (Phi) is 4.86. The van der Waals surface area contributed by atoms with Crippen molar-refractivity contribution < 1.29 is 13.9 Å². The fraction of sp³-hybridized carbons (Fsp3) is 0.167. The second-order valence-corrected chi connectivity index (χ2v) is 5.22. The van der Waals surface area contributed by atoms with Crippen LogP contribution in [0.15, 0.2) is 70.7 Å². The number of benzene rings is 1. The normalized spacial score (nSPS) is 17.9. The summed E-state index contributed by atoms with van der Waals surface area (Å²) < 4.78 is 9.98. The number of methoxy groups -OCH3 is 1. The predicted molar refractivity (Wildman–Crippen MR) is 91.4 cm³/mol. The van der Waals surface area contributed by atoms with Gasteiger partial charge in [0.1, 0.15) is 0 Å². The molecule has 2 aromatic rings. The molecule has 1 aromatic heterocycles. The first-order valence-electron chi connectivity index (χ1n) is 7.50. The maximum absolute atomic E-state index is 11.5. The van der Waals surface area contributed by atoms with Gasteiger partial charge in [0.2, 0.25) is 0 Å². The summed E-state index contributed by atoms with van der Waals surface area (Å²) in [5.41, 5.74) is 5.57. The van der Waals surface area contributed by atoms with E-state index in [9.17, 15) is 4.79 Å². The van der Waals surface area contributed by atoms with E-state index in [1.54, 1.807) is 6.20 Å². The predicted octanol–water partition coefficient (Wildman–Crippen LogP) is 3.41. The standard InChI is InChI=1S/C18H17N3O3/c1-23-18(22)10-14-4-2-3-5-16(14)21-20-15-8-6-13(7-9-15)17-11-19-12-24-17/h2-9,11-12,14,20H,10H2,1H3. The van der Waals surface area contributed by atoms with E-state index in [-0.39, 0.29) is 18.3 Å². The molecule has 1 N–H and O–H groups in total. The van der Waals surface area contributed by atoms with Crippen LogP contribution in [0.5, 0.6) is 0 Å². The molecule has 122 valence electrons. The van der Waals surface area contributed by atoms with Gasteiger partial charge in [0.15, 0.2) is 12.2 Å². The highest BCUT2D eigenvalue weighted by Gasteiger charge is 2.17. The maximum Gasteiger partial charge on any atom is 0.306 e. The van der Waals surface area contributed by atoms with Gasteiger partial charge in [-0.2, -0.15) is 5.10 Å². The summed E-state index contributed by atoms with van der Waals surface area (Å²) in [6.45, 7) is 0. The van der Waals surface area contributed by atoms with Crippen molar-refractivity contribution in [3.05, 3.63) is 61.2 Å². The van der Waals surface area contributed by atoms with Gasteiger partial charge in [0.25, 0.3) is 0 Å². The SMILES string of the molecule is COC(=O)CC1C=CC=CC1=NNc1ccc(-c2cnco2)cc1. The summed E-state index contributed by atoms with van der Waals surface area (Å²) >= 11 is 0. The number of rotatable bonds is 5. The van der Waals surface area contributed by atoms with Gasteiger partial charge < -0.3 is 9.15 Å². The zero-order valence-corrected chi connectivity index (χ0v) is 13.2. The summed E-state index contributed by atoms with van der Waals surface area (Å²) in [5, 5.41) is 4.40. The van der Waals surface area contributed by atoms with Crippen LogP contribution in [-0.2, 0) is 9.53 Å². The molecule has 1 aliphatic carbocycles. The molecule has 1 unspecified atom stereocenters. The number of esters is 1. The fourth-order valence-corrected chi connectivity index (χ4v) is 2.33. The lowest BCUT2D eigenvalue weighted by atomic mass is 9.95. The van der Waals surface area contributed by atoms with Crippen molar-refractivity contribution >= 4 is 17.4 Å². The van der Waals surface area contributed by atoms with Crippen LogP contribution in [0.2, 0.25) is 0 Å². The van der Waals surface area contributed by atoms with E-state index < -0.39 is 0 Å². The Morgan fingerprint density at radius 3 is 2.88 bits per heavy atom. The zero-order chi connectivity index (χ0) is 16.8. The number of hydrogen-bond acceptors (Lipinski definition) is 6. The summed E-state index contributed by atoms with van der Waals surface area (Å²) in [6, 6.07) is 7.65. The van der Waals surface area contributed by atoms with Crippen molar-refractivity contribution in [3.8, 4) is 11.3 Å². The van der Waals surface area contributed by atoms with E-state index in [4.69, 9.17) is 9.15 Å². The molecule has 6 nitrogen and oxygen atoms in total. The molecule has 0 amide bonds. The molecule has 1 atom stereocenters. The second kappa shape index (κ2) is 7.41. The van der Waals surface area contributed by atoms with Crippen molar-refractivity contribution in [1.29, 1.82) is 0 Å². The highest BCUT2D eigenvalue weighted by molar-refractivity contribution is 6.01. The number of anilines is 1. The van der Waals surface area contributed by atoms with Gasteiger partial charge in [-0.1, -0.05) is 18.2 Å². The number of ether oxygens (including phenoxy) is 1. The Bertz CT molecular complexity index is 774. The number of allylic oxidation sites excluding steroid dienone is 4. The molecule has 1 aromatic carbocycles. The number of carbonyl (C=O) groups excluding carboxylic acids is 1. The fourth-order valence-electron chi connectivity index (χ4n) is 2.33. The van der Waals surface area contributed by atoms with Crippen molar-refractivity contribution in [2.45, 2.75) is 6.42 Å². The summed E-state index contributed by atoms with van der Waals surface area (Å²) in [4.78, 5) is 15.4. The highest BCUT2D eigenvalue weighted by Crippen LogP contribution is 2.21. The van der Waals surface area contributed by atoms with Crippen LogP contribution in [0.1, 0.15) is 6.42 Å². The molecule has 0 saturated carbocycles. The Balaban J connectivity index is 1.68. The first-order chi connectivity index (χ1) is 11.8. The molecule has 1 heterocycles. The largest absolute Gasteiger partial charge is 0.469 e. The van der Waals surface area contributed by atoms with Gasteiger partial charge >= 0.3 is 5.97 Å². The topological polar surface area (TPSA) is 76.7 Å². The summed E-state index contributed by atoms with van der Waals surface area (Å²) in [6.07, 6.45) is 10.9. The number of aromatic nitrogens is 1. The molecule has 0 bridgehead atoms. The quantitative estimate of drug-likeness (QED) is 0.674. The van der Waals surface area contributed by atoms with Crippen LogP contribution in [0.3, 0.4) is 0 Å². The number of nitrogens with zero attached hydrogens (tertiary/aromatic N) is 2. The van der Waals surface area contributed by atoms with Crippen LogP contribution in [0, 0.1) is 5.92 Å². The van der Waals surface area contributed by atoms with Crippen LogP contribution in [0.4, 0.5) is 5.69 Å². The molecular weight excluding hydrogens is 306 g/mol. The van der Waals surface area contributed by atoms with Gasteiger partial charge in [0, 0.05) is 11.5 Å². The summed E-state index contributed by atoms with van der Waals surface area (Å²) in [7, 11) is 1.38. The molecule has 0 aliphatic heterocycles. The smallest absolute Gasteiger partial charge is 0.306 e. The third-order valence-electron chi connectivity index (χ3n) is 3.63. The number of carbonyl (C=O) groups is 1. The third kappa shape index (κ3) is 3.78. The van der Waals surface area contributed by atoms with Crippen LogP contribution in [-0.4, -0.2) is 23.8 Å². The molecule has 0 spiro atoms. The number of hydrogen-bond donors (Lipinski definition) is 1. The first kappa shape index (κ1) is 15.7. The highest BCUT2D eigenvalue weighted by atomic mass is 16.5. The average molecular weight is 323 g/mol. The van der Waals surface area contributed by atoms with Crippen molar-refractivity contribution in [2.75, 3.05) is 12.5 Å². The van der Waals surface area contributed by atoms with E-state index in [0.29, 0.717) is 5.76 Å². The van der Waals surface area contributed by atoms with Crippen molar-refractivity contribution in [3.63, 3.8) is 0 Å². The van der Waals surface area contributed by atoms with E-state index in [2.05, 4.69) is 15.5 Å².